The molecule has 0 aliphatic heterocycles. The van der Waals surface area contributed by atoms with Crippen LogP contribution in [-0.2, 0) is 4.79 Å². The lowest BCUT2D eigenvalue weighted by Gasteiger charge is -2.07. The predicted molar refractivity (Wildman–Crippen MR) is 105 cm³/mol. The lowest BCUT2D eigenvalue weighted by Crippen LogP contribution is -2.07. The summed E-state index contributed by atoms with van der Waals surface area (Å²) >= 11 is 1.71. The van der Waals surface area contributed by atoms with Crippen molar-refractivity contribution in [3.8, 4) is 0 Å². The minimum Gasteiger partial charge on any atom is -0.299 e. The zero-order valence-corrected chi connectivity index (χ0v) is 15.5. The molecule has 1 aliphatic carbocycles. The fourth-order valence-corrected chi connectivity index (χ4v) is 3.32. The number of carbonyl (C=O) groups is 1. The van der Waals surface area contributed by atoms with E-state index in [0.29, 0.717) is 6.42 Å². The molecule has 2 aromatic rings. The van der Waals surface area contributed by atoms with Crippen molar-refractivity contribution in [2.75, 3.05) is 6.26 Å². The van der Waals surface area contributed by atoms with Gasteiger partial charge in [-0.15, -0.1) is 11.8 Å². The minimum absolute atomic E-state index is 0.0231. The second kappa shape index (κ2) is 7.40. The highest BCUT2D eigenvalue weighted by Gasteiger charge is 2.22. The van der Waals surface area contributed by atoms with Crippen LogP contribution in [0.4, 0.5) is 4.39 Å². The molecule has 3 rings (SSSR count). The number of ketones is 1. The molecule has 0 amide bonds. The number of carbonyl (C=O) groups excluding carboxylic acids is 1. The molecule has 3 heteroatoms. The molecule has 0 N–H and O–H groups in total. The van der Waals surface area contributed by atoms with E-state index < -0.39 is 0 Å². The molecule has 0 spiro atoms. The standard InChI is InChI=1S/C22H21FOS/c1-14(2)22(24)12-17-11-16(20-9-6-18(23)13-21(17)20)10-15-4-7-19(25-3)8-5-15/h4-11,13-14H,12H2,1-3H3/b16-10+. The van der Waals surface area contributed by atoms with Gasteiger partial charge in [0.1, 0.15) is 11.6 Å². The number of fused-ring (bicyclic) bond motifs is 1. The minimum atomic E-state index is -0.271. The van der Waals surface area contributed by atoms with Crippen LogP contribution in [0.5, 0.6) is 0 Å². The summed E-state index contributed by atoms with van der Waals surface area (Å²) in [6.07, 6.45) is 6.51. The van der Waals surface area contributed by atoms with Gasteiger partial charge in [-0.2, -0.15) is 0 Å². The molecule has 128 valence electrons. The van der Waals surface area contributed by atoms with Gasteiger partial charge in [-0.25, -0.2) is 4.39 Å². The van der Waals surface area contributed by atoms with E-state index in [1.54, 1.807) is 17.8 Å². The Morgan fingerprint density at radius 2 is 1.84 bits per heavy atom. The molecule has 0 aromatic heterocycles. The van der Waals surface area contributed by atoms with Gasteiger partial charge in [0, 0.05) is 17.2 Å². The average Bonchev–Trinajstić information content (AvgIpc) is 2.92. The Bertz CT molecular complexity index is 860. The predicted octanol–water partition coefficient (Wildman–Crippen LogP) is 6.10. The van der Waals surface area contributed by atoms with Crippen LogP contribution in [0, 0.1) is 11.7 Å². The van der Waals surface area contributed by atoms with Crippen LogP contribution in [-0.4, -0.2) is 12.0 Å². The van der Waals surface area contributed by atoms with Gasteiger partial charge < -0.3 is 0 Å². The third-order valence-electron chi connectivity index (χ3n) is 4.41. The number of halogens is 1. The zero-order chi connectivity index (χ0) is 18.0. The van der Waals surface area contributed by atoms with Crippen molar-refractivity contribution in [1.82, 2.24) is 0 Å². The Hall–Kier alpha value is -2.13. The second-order valence-corrected chi connectivity index (χ2v) is 7.41. The average molecular weight is 352 g/mol. The molecule has 1 nitrogen and oxygen atoms in total. The van der Waals surface area contributed by atoms with Crippen LogP contribution in [0.25, 0.3) is 17.2 Å². The fraction of sp³-hybridized carbons (Fsp3) is 0.227. The summed E-state index contributed by atoms with van der Waals surface area (Å²) in [6, 6.07) is 13.1. The fourth-order valence-electron chi connectivity index (χ4n) is 2.91. The molecular weight excluding hydrogens is 331 g/mol. The molecule has 0 bridgehead atoms. The Kier molecular flexibility index (Phi) is 5.24. The molecule has 1 aliphatic rings. The molecule has 0 atom stereocenters. The Morgan fingerprint density at radius 1 is 1.12 bits per heavy atom. The van der Waals surface area contributed by atoms with Gasteiger partial charge in [0.05, 0.1) is 0 Å². The van der Waals surface area contributed by atoms with Crippen LogP contribution in [0.2, 0.25) is 0 Å². The maximum Gasteiger partial charge on any atom is 0.139 e. The van der Waals surface area contributed by atoms with Crippen molar-refractivity contribution in [2.24, 2.45) is 5.92 Å². The van der Waals surface area contributed by atoms with Gasteiger partial charge in [0.25, 0.3) is 0 Å². The summed E-state index contributed by atoms with van der Waals surface area (Å²) in [6.45, 7) is 3.79. The van der Waals surface area contributed by atoms with E-state index in [-0.39, 0.29) is 17.5 Å². The highest BCUT2D eigenvalue weighted by molar-refractivity contribution is 7.98. The normalized spacial score (nSPS) is 14.8. The number of thioether (sulfide) groups is 1. The third kappa shape index (κ3) is 3.93. The van der Waals surface area contributed by atoms with Crippen molar-refractivity contribution in [1.29, 1.82) is 0 Å². The molecule has 0 saturated heterocycles. The van der Waals surface area contributed by atoms with Crippen molar-refractivity contribution in [2.45, 2.75) is 25.2 Å². The molecular formula is C22H21FOS. The van der Waals surface area contributed by atoms with E-state index >= 15 is 0 Å². The maximum absolute atomic E-state index is 13.7. The molecule has 0 radical (unpaired) electrons. The Balaban J connectivity index is 2.00. The van der Waals surface area contributed by atoms with Crippen LogP contribution < -0.4 is 0 Å². The van der Waals surface area contributed by atoms with Gasteiger partial charge >= 0.3 is 0 Å². The van der Waals surface area contributed by atoms with E-state index in [0.717, 1.165) is 27.8 Å². The first-order valence-corrected chi connectivity index (χ1v) is 9.59. The Labute approximate surface area is 152 Å². The lowest BCUT2D eigenvalue weighted by atomic mass is 9.97. The SMILES string of the molecule is CSc1ccc(/C=C2\C=C(CC(=O)C(C)C)c3cc(F)ccc32)cc1. The van der Waals surface area contributed by atoms with E-state index in [1.165, 1.54) is 17.0 Å². The van der Waals surface area contributed by atoms with Crippen LogP contribution >= 0.6 is 11.8 Å². The van der Waals surface area contributed by atoms with E-state index in [9.17, 15) is 9.18 Å². The smallest absolute Gasteiger partial charge is 0.139 e. The topological polar surface area (TPSA) is 17.1 Å². The number of allylic oxidation sites excluding steroid dienone is 3. The third-order valence-corrected chi connectivity index (χ3v) is 5.16. The summed E-state index contributed by atoms with van der Waals surface area (Å²) in [5.74, 6) is -0.121. The molecule has 0 saturated carbocycles. The quantitative estimate of drug-likeness (QED) is 0.605. The van der Waals surface area contributed by atoms with Gasteiger partial charge in [0.2, 0.25) is 0 Å². The van der Waals surface area contributed by atoms with Crippen molar-refractivity contribution < 1.29 is 9.18 Å². The van der Waals surface area contributed by atoms with Gasteiger partial charge in [-0.05, 0) is 64.4 Å². The van der Waals surface area contributed by atoms with Crippen LogP contribution in [0.15, 0.2) is 53.4 Å². The lowest BCUT2D eigenvalue weighted by molar-refractivity contribution is -0.120. The largest absolute Gasteiger partial charge is 0.299 e. The summed E-state index contributed by atoms with van der Waals surface area (Å²) in [5.41, 5.74) is 4.84. The number of hydrogen-bond acceptors (Lipinski definition) is 2. The van der Waals surface area contributed by atoms with Crippen LogP contribution in [0.1, 0.15) is 37.0 Å². The number of hydrogen-bond donors (Lipinski definition) is 0. The highest BCUT2D eigenvalue weighted by atomic mass is 32.2. The molecule has 2 aromatic carbocycles. The first-order chi connectivity index (χ1) is 12.0. The Morgan fingerprint density at radius 3 is 2.48 bits per heavy atom. The molecule has 25 heavy (non-hydrogen) atoms. The van der Waals surface area contributed by atoms with Crippen molar-refractivity contribution in [3.05, 3.63) is 71.0 Å². The van der Waals surface area contributed by atoms with Gasteiger partial charge in [-0.1, -0.05) is 38.1 Å². The van der Waals surface area contributed by atoms with Gasteiger partial charge in [0.15, 0.2) is 0 Å². The van der Waals surface area contributed by atoms with Crippen molar-refractivity contribution >= 4 is 34.8 Å². The van der Waals surface area contributed by atoms with Crippen molar-refractivity contribution in [3.63, 3.8) is 0 Å². The van der Waals surface area contributed by atoms with E-state index in [2.05, 4.69) is 36.6 Å². The first kappa shape index (κ1) is 17.7. The second-order valence-electron chi connectivity index (χ2n) is 6.53. The van der Waals surface area contributed by atoms with E-state index in [1.807, 2.05) is 19.9 Å². The molecule has 0 unspecified atom stereocenters. The molecule has 0 fully saturated rings. The number of rotatable bonds is 5. The summed E-state index contributed by atoms with van der Waals surface area (Å²) in [5, 5.41) is 0. The zero-order valence-electron chi connectivity index (χ0n) is 14.7. The molecule has 0 heterocycles. The number of benzene rings is 2. The van der Waals surface area contributed by atoms with E-state index in [4.69, 9.17) is 0 Å². The van der Waals surface area contributed by atoms with Gasteiger partial charge in [-0.3, -0.25) is 4.79 Å². The monoisotopic (exact) mass is 352 g/mol. The van der Waals surface area contributed by atoms with Crippen LogP contribution in [0.3, 0.4) is 0 Å². The summed E-state index contributed by atoms with van der Waals surface area (Å²) in [7, 11) is 0. The number of Topliss-reactive ketones (excluding diaryl/α,β-unsaturated/α-hetero) is 1. The summed E-state index contributed by atoms with van der Waals surface area (Å²) < 4.78 is 13.7. The highest BCUT2D eigenvalue weighted by Crippen LogP contribution is 2.39. The first-order valence-electron chi connectivity index (χ1n) is 8.37. The maximum atomic E-state index is 13.7. The summed E-state index contributed by atoms with van der Waals surface area (Å²) in [4.78, 5) is 13.4.